The third-order valence-corrected chi connectivity index (χ3v) is 5.82. The number of fused-ring (bicyclic) bond motifs is 1. The van der Waals surface area contributed by atoms with E-state index in [1.807, 2.05) is 26.0 Å². The number of carbonyl (C=O) groups excluding carboxylic acids is 1. The number of hydrogen-bond acceptors (Lipinski definition) is 5. The van der Waals surface area contributed by atoms with Crippen LogP contribution in [0, 0.1) is 5.92 Å². The first-order chi connectivity index (χ1) is 14.9. The summed E-state index contributed by atoms with van der Waals surface area (Å²) in [5, 5.41) is 6.27. The van der Waals surface area contributed by atoms with Crippen molar-refractivity contribution in [3.8, 4) is 11.5 Å². The molecule has 6 nitrogen and oxygen atoms in total. The van der Waals surface area contributed by atoms with E-state index in [9.17, 15) is 4.79 Å². The Morgan fingerprint density at radius 2 is 1.77 bits per heavy atom. The van der Waals surface area contributed by atoms with E-state index in [0.29, 0.717) is 42.4 Å². The third-order valence-electron chi connectivity index (χ3n) is 5.82. The summed E-state index contributed by atoms with van der Waals surface area (Å²) in [7, 11) is 0. The first-order valence-corrected chi connectivity index (χ1v) is 11.2. The smallest absolute Gasteiger partial charge is 0.243 e. The SMILES string of the molecule is CCOc1ccc(NC(=O)CNc2cccc3c2CN(C(C)C(C)C)C3)cc1OCC. The van der Waals surface area contributed by atoms with Gasteiger partial charge in [-0.3, -0.25) is 9.69 Å². The van der Waals surface area contributed by atoms with E-state index in [4.69, 9.17) is 9.47 Å². The van der Waals surface area contributed by atoms with Gasteiger partial charge in [0.1, 0.15) is 0 Å². The van der Waals surface area contributed by atoms with Gasteiger partial charge in [0.15, 0.2) is 11.5 Å². The van der Waals surface area contributed by atoms with Gasteiger partial charge in [-0.2, -0.15) is 0 Å². The lowest BCUT2D eigenvalue weighted by Crippen LogP contribution is -2.32. The minimum atomic E-state index is -0.102. The maximum Gasteiger partial charge on any atom is 0.243 e. The highest BCUT2D eigenvalue weighted by molar-refractivity contribution is 5.94. The Hall–Kier alpha value is -2.73. The van der Waals surface area contributed by atoms with Crippen LogP contribution in [0.2, 0.25) is 0 Å². The van der Waals surface area contributed by atoms with Crippen molar-refractivity contribution in [2.24, 2.45) is 5.92 Å². The number of benzene rings is 2. The molecule has 0 radical (unpaired) electrons. The minimum Gasteiger partial charge on any atom is -0.490 e. The van der Waals surface area contributed by atoms with E-state index >= 15 is 0 Å². The zero-order valence-electron chi connectivity index (χ0n) is 19.3. The molecule has 0 saturated carbocycles. The van der Waals surface area contributed by atoms with Crippen LogP contribution in [-0.4, -0.2) is 36.6 Å². The van der Waals surface area contributed by atoms with E-state index < -0.39 is 0 Å². The van der Waals surface area contributed by atoms with Crippen molar-refractivity contribution in [2.45, 2.75) is 53.8 Å². The van der Waals surface area contributed by atoms with Crippen LogP contribution >= 0.6 is 0 Å². The number of rotatable bonds is 10. The van der Waals surface area contributed by atoms with Crippen molar-refractivity contribution < 1.29 is 14.3 Å². The summed E-state index contributed by atoms with van der Waals surface area (Å²) in [6.07, 6.45) is 0. The molecule has 0 fully saturated rings. The molecule has 0 aromatic heterocycles. The molecule has 168 valence electrons. The predicted octanol–water partition coefficient (Wildman–Crippen LogP) is 4.89. The third kappa shape index (κ3) is 5.70. The molecule has 31 heavy (non-hydrogen) atoms. The molecule has 0 bridgehead atoms. The van der Waals surface area contributed by atoms with Gasteiger partial charge in [-0.1, -0.05) is 26.0 Å². The Morgan fingerprint density at radius 3 is 2.48 bits per heavy atom. The fourth-order valence-corrected chi connectivity index (χ4v) is 3.83. The van der Waals surface area contributed by atoms with Gasteiger partial charge in [-0.25, -0.2) is 0 Å². The molecule has 1 heterocycles. The second-order valence-electron chi connectivity index (χ2n) is 8.26. The topological polar surface area (TPSA) is 62.8 Å². The number of amides is 1. The fourth-order valence-electron chi connectivity index (χ4n) is 3.83. The molecular weight excluding hydrogens is 390 g/mol. The molecule has 1 atom stereocenters. The van der Waals surface area contributed by atoms with Gasteiger partial charge in [-0.05, 0) is 56.0 Å². The summed E-state index contributed by atoms with van der Waals surface area (Å²) in [5.74, 6) is 1.82. The van der Waals surface area contributed by atoms with E-state index in [1.165, 1.54) is 11.1 Å². The molecule has 1 aliphatic heterocycles. The van der Waals surface area contributed by atoms with Crippen LogP contribution in [0.1, 0.15) is 45.7 Å². The highest BCUT2D eigenvalue weighted by Gasteiger charge is 2.26. The fraction of sp³-hybridized carbons (Fsp3) is 0.480. The Balaban J connectivity index is 1.62. The molecule has 0 spiro atoms. The highest BCUT2D eigenvalue weighted by Crippen LogP contribution is 2.32. The van der Waals surface area contributed by atoms with Crippen molar-refractivity contribution in [1.82, 2.24) is 4.90 Å². The molecule has 3 rings (SSSR count). The molecule has 6 heteroatoms. The summed E-state index contributed by atoms with van der Waals surface area (Å²) in [5.41, 5.74) is 4.36. The molecule has 2 N–H and O–H groups in total. The Bertz CT molecular complexity index is 898. The highest BCUT2D eigenvalue weighted by atomic mass is 16.5. The standard InChI is InChI=1S/C25H35N3O3/c1-6-30-23-12-11-20(13-24(23)31-7-2)27-25(29)14-26-22-10-8-9-19-15-28(16-21(19)22)18(5)17(3)4/h8-13,17-18,26H,6-7,14-16H2,1-5H3,(H,27,29). The van der Waals surface area contributed by atoms with Crippen LogP contribution in [0.15, 0.2) is 36.4 Å². The maximum atomic E-state index is 12.6. The van der Waals surface area contributed by atoms with Crippen LogP contribution < -0.4 is 20.1 Å². The van der Waals surface area contributed by atoms with Gasteiger partial charge in [0, 0.05) is 36.6 Å². The molecule has 0 aliphatic carbocycles. The lowest BCUT2D eigenvalue weighted by molar-refractivity contribution is -0.114. The van der Waals surface area contributed by atoms with Crippen molar-refractivity contribution in [3.63, 3.8) is 0 Å². The van der Waals surface area contributed by atoms with Gasteiger partial charge < -0.3 is 20.1 Å². The second kappa shape index (κ2) is 10.5. The maximum absolute atomic E-state index is 12.6. The van der Waals surface area contributed by atoms with Crippen molar-refractivity contribution in [2.75, 3.05) is 30.4 Å². The Labute approximate surface area is 185 Å². The predicted molar refractivity (Wildman–Crippen MR) is 126 cm³/mol. The molecule has 1 unspecified atom stereocenters. The van der Waals surface area contributed by atoms with E-state index in [0.717, 1.165) is 18.8 Å². The van der Waals surface area contributed by atoms with Crippen LogP contribution in [0.3, 0.4) is 0 Å². The first-order valence-electron chi connectivity index (χ1n) is 11.2. The summed E-state index contributed by atoms with van der Waals surface area (Å²) in [6.45, 7) is 13.8. The number of nitrogens with zero attached hydrogens (tertiary/aromatic N) is 1. The van der Waals surface area contributed by atoms with Gasteiger partial charge >= 0.3 is 0 Å². The Kier molecular flexibility index (Phi) is 7.80. The van der Waals surface area contributed by atoms with Gasteiger partial charge in [0.05, 0.1) is 19.8 Å². The summed E-state index contributed by atoms with van der Waals surface area (Å²) < 4.78 is 11.2. The second-order valence-corrected chi connectivity index (χ2v) is 8.26. The first kappa shape index (κ1) is 22.9. The van der Waals surface area contributed by atoms with Crippen LogP contribution in [0.25, 0.3) is 0 Å². The number of hydrogen-bond donors (Lipinski definition) is 2. The molecule has 0 saturated heterocycles. The van der Waals surface area contributed by atoms with Crippen molar-refractivity contribution in [1.29, 1.82) is 0 Å². The number of nitrogens with one attached hydrogen (secondary N) is 2. The quantitative estimate of drug-likeness (QED) is 0.567. The molecule has 2 aromatic carbocycles. The summed E-state index contributed by atoms with van der Waals surface area (Å²) >= 11 is 0. The van der Waals surface area contributed by atoms with Crippen LogP contribution in [-0.2, 0) is 17.9 Å². The largest absolute Gasteiger partial charge is 0.490 e. The van der Waals surface area contributed by atoms with Crippen molar-refractivity contribution in [3.05, 3.63) is 47.5 Å². The van der Waals surface area contributed by atoms with E-state index in [-0.39, 0.29) is 12.5 Å². The minimum absolute atomic E-state index is 0.102. The summed E-state index contributed by atoms with van der Waals surface area (Å²) in [4.78, 5) is 15.1. The van der Waals surface area contributed by atoms with Crippen molar-refractivity contribution >= 4 is 17.3 Å². The van der Waals surface area contributed by atoms with Crippen LogP contribution in [0.5, 0.6) is 11.5 Å². The molecular formula is C25H35N3O3. The monoisotopic (exact) mass is 425 g/mol. The molecule has 1 amide bonds. The lowest BCUT2D eigenvalue weighted by Gasteiger charge is -2.27. The summed E-state index contributed by atoms with van der Waals surface area (Å²) in [6, 6.07) is 12.3. The number of carbonyl (C=O) groups is 1. The van der Waals surface area contributed by atoms with Gasteiger partial charge in [0.2, 0.25) is 5.91 Å². The number of anilines is 2. The van der Waals surface area contributed by atoms with E-state index in [2.05, 4.69) is 54.5 Å². The van der Waals surface area contributed by atoms with Gasteiger partial charge in [-0.15, -0.1) is 0 Å². The average molecular weight is 426 g/mol. The normalized spacial score (nSPS) is 14.3. The van der Waals surface area contributed by atoms with Gasteiger partial charge in [0.25, 0.3) is 0 Å². The Morgan fingerprint density at radius 1 is 1.03 bits per heavy atom. The zero-order valence-corrected chi connectivity index (χ0v) is 19.3. The molecule has 1 aliphatic rings. The zero-order chi connectivity index (χ0) is 22.4. The lowest BCUT2D eigenvalue weighted by atomic mass is 10.1. The number of ether oxygens (including phenoxy) is 2. The average Bonchev–Trinajstić information content (AvgIpc) is 3.18. The molecule has 2 aromatic rings. The van der Waals surface area contributed by atoms with E-state index in [1.54, 1.807) is 6.07 Å². The van der Waals surface area contributed by atoms with Crippen LogP contribution in [0.4, 0.5) is 11.4 Å².